The second-order valence-electron chi connectivity index (χ2n) is 12.4. The molecule has 12 heteroatoms. The number of benzene rings is 1. The van der Waals surface area contributed by atoms with Crippen molar-refractivity contribution in [2.24, 2.45) is 22.9 Å². The van der Waals surface area contributed by atoms with Gasteiger partial charge in [-0.2, -0.15) is 0 Å². The smallest absolute Gasteiger partial charge is 0.243 e. The Morgan fingerprint density at radius 1 is 0.574 bits per heavy atom. The summed E-state index contributed by atoms with van der Waals surface area (Å²) in [5.74, 6) is -1.35. The monoisotopic (exact) mass is 661 g/mol. The lowest BCUT2D eigenvalue weighted by Crippen LogP contribution is -2.56. The van der Waals surface area contributed by atoms with Gasteiger partial charge in [0.25, 0.3) is 0 Å². The van der Waals surface area contributed by atoms with E-state index in [4.69, 9.17) is 22.9 Å². The Morgan fingerprint density at radius 3 is 1.70 bits per heavy atom. The number of nitrogens with two attached hydrogens (primary N) is 4. The molecule has 0 saturated carbocycles. The van der Waals surface area contributed by atoms with Crippen LogP contribution in [0.25, 0.3) is 0 Å². The van der Waals surface area contributed by atoms with Crippen molar-refractivity contribution < 1.29 is 19.2 Å². The lowest BCUT2D eigenvalue weighted by molar-refractivity contribution is -0.132. The van der Waals surface area contributed by atoms with E-state index in [1.165, 1.54) is 19.3 Å². The van der Waals surface area contributed by atoms with Gasteiger partial charge in [-0.1, -0.05) is 82.2 Å². The fourth-order valence-electron chi connectivity index (χ4n) is 5.21. The Kier molecular flexibility index (Phi) is 24.1. The van der Waals surface area contributed by atoms with E-state index >= 15 is 0 Å². The molecule has 1 aromatic rings. The van der Waals surface area contributed by atoms with Crippen molar-refractivity contribution in [1.29, 1.82) is 0 Å². The first-order chi connectivity index (χ1) is 22.7. The number of hydrogen-bond acceptors (Lipinski definition) is 8. The van der Waals surface area contributed by atoms with Crippen LogP contribution in [0.2, 0.25) is 0 Å². The highest BCUT2D eigenvalue weighted by molar-refractivity contribution is 5.93. The summed E-state index contributed by atoms with van der Waals surface area (Å²) in [6.45, 7) is 4.18. The molecule has 4 amide bonds. The molecule has 1 aromatic carbocycles. The Balaban J connectivity index is 2.87. The molecule has 1 rings (SSSR count). The summed E-state index contributed by atoms with van der Waals surface area (Å²) >= 11 is 0. The fourth-order valence-corrected chi connectivity index (χ4v) is 5.21. The molecule has 4 atom stereocenters. The Labute approximate surface area is 282 Å². The van der Waals surface area contributed by atoms with E-state index in [-0.39, 0.29) is 11.8 Å². The normalized spacial score (nSPS) is 13.6. The summed E-state index contributed by atoms with van der Waals surface area (Å²) in [4.78, 5) is 52.3. The van der Waals surface area contributed by atoms with Crippen LogP contribution in [0.15, 0.2) is 30.3 Å². The zero-order valence-electron chi connectivity index (χ0n) is 28.8. The van der Waals surface area contributed by atoms with Gasteiger partial charge >= 0.3 is 0 Å². The molecule has 0 aliphatic heterocycles. The van der Waals surface area contributed by atoms with Crippen molar-refractivity contribution in [3.8, 4) is 0 Å². The number of unbranched alkanes of at least 4 members (excludes halogenated alkanes) is 8. The topological polar surface area (TPSA) is 220 Å². The van der Waals surface area contributed by atoms with Crippen molar-refractivity contribution in [3.63, 3.8) is 0 Å². The van der Waals surface area contributed by atoms with E-state index in [9.17, 15) is 19.2 Å². The standard InChI is InChI=1S/C35H64N8O4/c1-2-3-4-5-6-15-24-41-34(46)31(26-27-17-8-7-9-18-27)43-35(47)30(42-33(45)29(39)20-11-14-23-37)21-12-16-25-40-32(44)28(38)19-10-13-22-36/h7-9,17-18,28-31H,2-6,10-16,19-26,36-39H2,1H3,(H,40,44)(H,41,46)(H,42,45)(H,43,47)/t28-,29-,30-,31-/m0/s1. The highest BCUT2D eigenvalue weighted by Gasteiger charge is 2.28. The van der Waals surface area contributed by atoms with Gasteiger partial charge < -0.3 is 44.2 Å². The number of hydrogen-bond donors (Lipinski definition) is 8. The summed E-state index contributed by atoms with van der Waals surface area (Å²) < 4.78 is 0. The largest absolute Gasteiger partial charge is 0.355 e. The van der Waals surface area contributed by atoms with Crippen LogP contribution in [0.3, 0.4) is 0 Å². The molecule has 268 valence electrons. The summed E-state index contributed by atoms with van der Waals surface area (Å²) in [5, 5.41) is 11.6. The van der Waals surface area contributed by atoms with Gasteiger partial charge in [0.05, 0.1) is 12.1 Å². The van der Waals surface area contributed by atoms with Gasteiger partial charge in [-0.05, 0) is 70.0 Å². The van der Waals surface area contributed by atoms with Gasteiger partial charge in [0.15, 0.2) is 0 Å². The molecule has 0 radical (unpaired) electrons. The van der Waals surface area contributed by atoms with Crippen molar-refractivity contribution in [2.75, 3.05) is 26.2 Å². The van der Waals surface area contributed by atoms with Crippen molar-refractivity contribution in [3.05, 3.63) is 35.9 Å². The van der Waals surface area contributed by atoms with Crippen LogP contribution in [0.5, 0.6) is 0 Å². The summed E-state index contributed by atoms with van der Waals surface area (Å²) in [5.41, 5.74) is 24.1. The Bertz CT molecular complexity index is 997. The third kappa shape index (κ3) is 20.0. The maximum atomic E-state index is 13.7. The molecule has 12 N–H and O–H groups in total. The SMILES string of the molecule is CCCCCCCCNC(=O)[C@H](Cc1ccccc1)NC(=O)[C@H](CCCCNC(=O)[C@@H](N)CCCCN)NC(=O)[C@@H](N)CCCCN. The fraction of sp³-hybridized carbons (Fsp3) is 0.714. The molecule has 0 aliphatic rings. The third-order valence-corrected chi connectivity index (χ3v) is 8.21. The predicted molar refractivity (Wildman–Crippen MR) is 189 cm³/mol. The minimum absolute atomic E-state index is 0.219. The minimum Gasteiger partial charge on any atom is -0.355 e. The number of carbonyl (C=O) groups is 4. The number of carbonyl (C=O) groups excluding carboxylic acids is 4. The van der Waals surface area contributed by atoms with E-state index < -0.39 is 36.0 Å². The lowest BCUT2D eigenvalue weighted by Gasteiger charge is -2.24. The molecular formula is C35H64N8O4. The van der Waals surface area contributed by atoms with Gasteiger partial charge in [0, 0.05) is 19.5 Å². The first-order valence-corrected chi connectivity index (χ1v) is 17.8. The molecular weight excluding hydrogens is 596 g/mol. The number of amides is 4. The number of rotatable bonds is 28. The van der Waals surface area contributed by atoms with Crippen LogP contribution in [0, 0.1) is 0 Å². The first kappa shape index (κ1) is 42.0. The van der Waals surface area contributed by atoms with E-state index in [0.717, 1.165) is 44.1 Å². The van der Waals surface area contributed by atoms with Crippen molar-refractivity contribution in [1.82, 2.24) is 21.3 Å². The van der Waals surface area contributed by atoms with Gasteiger partial charge in [0.2, 0.25) is 23.6 Å². The highest BCUT2D eigenvalue weighted by atomic mass is 16.2. The van der Waals surface area contributed by atoms with Crippen LogP contribution in [-0.2, 0) is 25.6 Å². The maximum absolute atomic E-state index is 13.7. The van der Waals surface area contributed by atoms with Crippen molar-refractivity contribution >= 4 is 23.6 Å². The number of nitrogens with one attached hydrogen (secondary N) is 4. The van der Waals surface area contributed by atoms with Crippen LogP contribution in [0.1, 0.15) is 109 Å². The Morgan fingerprint density at radius 2 is 1.09 bits per heavy atom. The summed E-state index contributed by atoms with van der Waals surface area (Å²) in [7, 11) is 0. The molecule has 0 aliphatic carbocycles. The van der Waals surface area contributed by atoms with E-state index in [2.05, 4.69) is 28.2 Å². The zero-order valence-corrected chi connectivity index (χ0v) is 28.8. The molecule has 0 spiro atoms. The van der Waals surface area contributed by atoms with Crippen LogP contribution >= 0.6 is 0 Å². The average molecular weight is 661 g/mol. The Hall–Kier alpha value is -3.06. The molecule has 0 saturated heterocycles. The maximum Gasteiger partial charge on any atom is 0.243 e. The van der Waals surface area contributed by atoms with Gasteiger partial charge in [-0.3, -0.25) is 19.2 Å². The van der Waals surface area contributed by atoms with E-state index in [1.807, 2.05) is 30.3 Å². The van der Waals surface area contributed by atoms with Gasteiger partial charge in [0.1, 0.15) is 12.1 Å². The molecule has 12 nitrogen and oxygen atoms in total. The molecule has 0 fully saturated rings. The van der Waals surface area contributed by atoms with E-state index in [1.54, 1.807) is 0 Å². The molecule has 0 unspecified atom stereocenters. The second kappa shape index (κ2) is 26.9. The lowest BCUT2D eigenvalue weighted by atomic mass is 10.0. The zero-order chi connectivity index (χ0) is 34.7. The van der Waals surface area contributed by atoms with Gasteiger partial charge in [-0.25, -0.2) is 0 Å². The van der Waals surface area contributed by atoms with Crippen LogP contribution in [0.4, 0.5) is 0 Å². The minimum atomic E-state index is -0.901. The quantitative estimate of drug-likeness (QED) is 0.0619. The predicted octanol–water partition coefficient (Wildman–Crippen LogP) is 1.87. The summed E-state index contributed by atoms with van der Waals surface area (Å²) in [6.07, 6.45) is 12.5. The molecule has 0 bridgehead atoms. The van der Waals surface area contributed by atoms with Crippen molar-refractivity contribution in [2.45, 2.75) is 134 Å². The first-order valence-electron chi connectivity index (χ1n) is 17.8. The average Bonchev–Trinajstić information content (AvgIpc) is 3.07. The van der Waals surface area contributed by atoms with E-state index in [0.29, 0.717) is 71.1 Å². The molecule has 0 aromatic heterocycles. The van der Waals surface area contributed by atoms with Crippen LogP contribution in [-0.4, -0.2) is 74.0 Å². The van der Waals surface area contributed by atoms with Crippen LogP contribution < -0.4 is 44.2 Å². The molecule has 47 heavy (non-hydrogen) atoms. The summed E-state index contributed by atoms with van der Waals surface area (Å²) in [6, 6.07) is 6.43. The third-order valence-electron chi connectivity index (χ3n) is 8.21. The second-order valence-corrected chi connectivity index (χ2v) is 12.4. The highest BCUT2D eigenvalue weighted by Crippen LogP contribution is 2.09. The molecule has 0 heterocycles. The van der Waals surface area contributed by atoms with Gasteiger partial charge in [-0.15, -0.1) is 0 Å².